The number of aromatic amines is 2. The van der Waals surface area contributed by atoms with Crippen molar-refractivity contribution in [2.75, 3.05) is 53.6 Å². The van der Waals surface area contributed by atoms with Crippen molar-refractivity contribution in [2.45, 2.75) is 98.0 Å². The highest BCUT2D eigenvalue weighted by molar-refractivity contribution is 5.83. The van der Waals surface area contributed by atoms with Crippen LogP contribution in [0, 0.1) is 0 Å². The van der Waals surface area contributed by atoms with E-state index >= 15 is 0 Å². The van der Waals surface area contributed by atoms with Crippen molar-refractivity contribution in [1.29, 1.82) is 0 Å². The van der Waals surface area contributed by atoms with Crippen LogP contribution in [0.1, 0.15) is 109 Å². The molecule has 0 radical (unpaired) electrons. The number of primary amides is 2. The Morgan fingerprint density at radius 2 is 1.15 bits per heavy atom. The fraction of sp³-hybridized carbons (Fsp3) is 0.489. The van der Waals surface area contributed by atoms with Crippen LogP contribution in [0.5, 0.6) is 0 Å². The van der Waals surface area contributed by atoms with Gasteiger partial charge in [-0.15, -0.1) is 0 Å². The number of methoxy groups -OCH3 is 2. The van der Waals surface area contributed by atoms with Gasteiger partial charge in [0.1, 0.15) is 24.6 Å². The monoisotopic (exact) mass is 859 g/mol. The highest BCUT2D eigenvalue weighted by Crippen LogP contribution is 2.52. The van der Waals surface area contributed by atoms with Crippen LogP contribution in [0.3, 0.4) is 0 Å². The third-order valence-electron chi connectivity index (χ3n) is 9.54. The highest BCUT2D eigenvalue weighted by Gasteiger charge is 2.45. The first-order chi connectivity index (χ1) is 30.0. The van der Waals surface area contributed by atoms with Gasteiger partial charge < -0.3 is 45.4 Å². The second-order valence-corrected chi connectivity index (χ2v) is 15.0. The number of benzene rings is 2. The normalized spacial score (nSPS) is 14.7. The molecule has 2 saturated heterocycles. The number of ether oxygens (including phenoxy) is 3. The van der Waals surface area contributed by atoms with Crippen molar-refractivity contribution in [3.05, 3.63) is 84.2 Å². The van der Waals surface area contributed by atoms with Crippen LogP contribution >= 0.6 is 0 Å². The van der Waals surface area contributed by atoms with Gasteiger partial charge in [-0.1, -0.05) is 76.9 Å². The topological polar surface area (TPSA) is 212 Å². The second-order valence-electron chi connectivity index (χ2n) is 15.0. The average Bonchev–Trinajstić information content (AvgIpc) is 4.10. The molecule has 3 aliphatic heterocycles. The molecule has 4 aliphatic rings. The summed E-state index contributed by atoms with van der Waals surface area (Å²) in [5.41, 5.74) is 16.4. The van der Waals surface area contributed by atoms with E-state index in [0.717, 1.165) is 98.5 Å². The minimum atomic E-state index is -0.333. The number of likely N-dealkylation sites (tertiary alicyclic amines) is 2. The molecule has 6 N–H and O–H groups in total. The SMILES string of the molecule is C1=C(c2ccc(-c3cnc[nH]3)cc2)OC2(CCC2)c2cc(-c3cnc[nH]3)ccc21.CC(N)=O.CCC.CCC.COCC(=O)N1CCCC1.COCC(=O)N1CCCC1.NC=O. The second kappa shape index (κ2) is 29.5. The zero-order valence-electron chi connectivity index (χ0n) is 37.9. The van der Waals surface area contributed by atoms with E-state index in [1.165, 1.54) is 37.3 Å². The third kappa shape index (κ3) is 17.3. The first-order valence-electron chi connectivity index (χ1n) is 21.6. The van der Waals surface area contributed by atoms with Gasteiger partial charge in [0.05, 0.1) is 36.4 Å². The Bertz CT molecular complexity index is 1850. The number of nitrogens with two attached hydrogens (primary N) is 2. The molecule has 15 heteroatoms. The maximum Gasteiger partial charge on any atom is 0.248 e. The van der Waals surface area contributed by atoms with Crippen LogP contribution in [0.4, 0.5) is 0 Å². The van der Waals surface area contributed by atoms with Crippen molar-refractivity contribution in [3.63, 3.8) is 0 Å². The molecule has 8 rings (SSSR count). The molecule has 3 fully saturated rings. The maximum atomic E-state index is 11.0. The molecule has 1 saturated carbocycles. The summed E-state index contributed by atoms with van der Waals surface area (Å²) >= 11 is 0. The van der Waals surface area contributed by atoms with Crippen LogP contribution in [0.15, 0.2) is 67.5 Å². The molecule has 2 aromatic heterocycles. The molecule has 5 heterocycles. The summed E-state index contributed by atoms with van der Waals surface area (Å²) in [5, 5.41) is 0. The largest absolute Gasteiger partial charge is 0.482 e. The molecule has 340 valence electrons. The van der Waals surface area contributed by atoms with Gasteiger partial charge in [-0.25, -0.2) is 9.97 Å². The lowest BCUT2D eigenvalue weighted by molar-refractivity contribution is -0.134. The number of carbonyl (C=O) groups is 4. The van der Waals surface area contributed by atoms with E-state index in [1.807, 2.05) is 22.2 Å². The van der Waals surface area contributed by atoms with Crippen molar-refractivity contribution >= 4 is 36.0 Å². The molecule has 1 spiro atoms. The number of carbonyl (C=O) groups excluding carboxylic acids is 4. The Kier molecular flexibility index (Phi) is 24.9. The van der Waals surface area contributed by atoms with Gasteiger partial charge in [0.15, 0.2) is 0 Å². The van der Waals surface area contributed by atoms with Crippen LogP contribution in [-0.4, -0.2) is 107 Å². The van der Waals surface area contributed by atoms with E-state index in [-0.39, 0.29) is 42.9 Å². The summed E-state index contributed by atoms with van der Waals surface area (Å²) in [5.74, 6) is 0.864. The number of hydrogen-bond acceptors (Lipinski definition) is 9. The summed E-state index contributed by atoms with van der Waals surface area (Å²) < 4.78 is 16.1. The van der Waals surface area contributed by atoms with Crippen LogP contribution in [0.25, 0.3) is 34.3 Å². The quantitative estimate of drug-likeness (QED) is 0.137. The van der Waals surface area contributed by atoms with Crippen LogP contribution in [0.2, 0.25) is 0 Å². The Balaban J connectivity index is 0.000000329. The van der Waals surface area contributed by atoms with Crippen molar-refractivity contribution in [3.8, 4) is 22.5 Å². The number of nitrogens with zero attached hydrogens (tertiary/aromatic N) is 4. The molecule has 4 aromatic rings. The number of fused-ring (bicyclic) bond motifs is 2. The number of rotatable bonds is 7. The maximum absolute atomic E-state index is 11.0. The van der Waals surface area contributed by atoms with Gasteiger partial charge in [0.25, 0.3) is 0 Å². The molecule has 1 aliphatic carbocycles. The molecule has 0 unspecified atom stereocenters. The van der Waals surface area contributed by atoms with E-state index in [2.05, 4.69) is 108 Å². The Labute approximate surface area is 368 Å². The molecule has 0 atom stereocenters. The van der Waals surface area contributed by atoms with Crippen molar-refractivity contribution < 1.29 is 33.4 Å². The van der Waals surface area contributed by atoms with Gasteiger partial charge in [-0.05, 0) is 68.2 Å². The summed E-state index contributed by atoms with van der Waals surface area (Å²) in [7, 11) is 3.10. The molecule has 4 amide bonds. The number of hydrogen-bond donors (Lipinski definition) is 4. The minimum Gasteiger partial charge on any atom is -0.482 e. The van der Waals surface area contributed by atoms with E-state index in [0.29, 0.717) is 0 Å². The number of amides is 4. The lowest BCUT2D eigenvalue weighted by Crippen LogP contribution is -2.39. The number of imidazole rings is 2. The van der Waals surface area contributed by atoms with E-state index in [9.17, 15) is 14.4 Å². The highest BCUT2D eigenvalue weighted by atomic mass is 16.5. The summed E-state index contributed by atoms with van der Waals surface area (Å²) in [6.45, 7) is 14.0. The number of H-pyrrole nitrogens is 2. The molecule has 2 aromatic carbocycles. The summed E-state index contributed by atoms with van der Waals surface area (Å²) in [6, 6.07) is 15.1. The number of aromatic nitrogens is 4. The predicted molar refractivity (Wildman–Crippen MR) is 245 cm³/mol. The lowest BCUT2D eigenvalue weighted by atomic mass is 9.71. The standard InChI is InChI=1S/C24H20N4O.2C7H13NO2.2C3H8.C2H5NO.CH3NO/c1-8-24(9-1)20-10-19(22-13-26-15-28-22)7-6-18(20)11-23(29-24)17-4-2-16(3-5-17)21-12-25-14-27-21;2*1-10-6-7(9)8-4-2-3-5-8;2*1-3-2;1-2(3)4;2-1-3/h2-7,10-15H,1,8-9H2,(H,25,27)(H,26,28);2*2-6H2,1H3;2*3H2,1-2H3;1H3,(H2,3,4);1H,(H2,2,3). The Morgan fingerprint density at radius 3 is 1.52 bits per heavy atom. The summed E-state index contributed by atoms with van der Waals surface area (Å²) in [4.78, 5) is 58.2. The third-order valence-corrected chi connectivity index (χ3v) is 9.54. The minimum absolute atomic E-state index is 0.125. The van der Waals surface area contributed by atoms with E-state index < -0.39 is 0 Å². The lowest BCUT2D eigenvalue weighted by Gasteiger charge is -2.46. The first kappa shape index (κ1) is 52.3. The Hall–Kier alpha value is -5.80. The predicted octanol–water partition coefficient (Wildman–Crippen LogP) is 7.31. The Morgan fingerprint density at radius 1 is 0.742 bits per heavy atom. The number of nitrogens with one attached hydrogen (secondary N) is 2. The fourth-order valence-electron chi connectivity index (χ4n) is 6.70. The molecular weight excluding hydrogens is 789 g/mol. The average molecular weight is 859 g/mol. The molecule has 62 heavy (non-hydrogen) atoms. The van der Waals surface area contributed by atoms with Gasteiger partial charge in [-0.3, -0.25) is 19.2 Å². The molecular formula is C47H70N8O7. The zero-order valence-corrected chi connectivity index (χ0v) is 37.9. The molecule has 0 bridgehead atoms. The van der Waals surface area contributed by atoms with Gasteiger partial charge >= 0.3 is 0 Å². The summed E-state index contributed by atoms with van der Waals surface area (Å²) in [6.07, 6.45) is 19.9. The van der Waals surface area contributed by atoms with Crippen molar-refractivity contribution in [2.24, 2.45) is 11.5 Å². The van der Waals surface area contributed by atoms with Crippen LogP contribution in [-0.2, 0) is 39.0 Å². The van der Waals surface area contributed by atoms with Gasteiger partial charge in [-0.2, -0.15) is 0 Å². The molecule has 15 nitrogen and oxygen atoms in total. The van der Waals surface area contributed by atoms with E-state index in [4.69, 9.17) is 19.0 Å². The fourth-order valence-corrected chi connectivity index (χ4v) is 6.70. The smallest absolute Gasteiger partial charge is 0.248 e. The van der Waals surface area contributed by atoms with E-state index in [1.54, 1.807) is 26.9 Å². The van der Waals surface area contributed by atoms with Gasteiger partial charge in [0, 0.05) is 64.0 Å². The van der Waals surface area contributed by atoms with Crippen LogP contribution < -0.4 is 11.5 Å². The van der Waals surface area contributed by atoms with Gasteiger partial charge in [0.2, 0.25) is 24.1 Å². The van der Waals surface area contributed by atoms with Crippen molar-refractivity contribution in [1.82, 2.24) is 29.7 Å². The zero-order chi connectivity index (χ0) is 45.8. The first-order valence-corrected chi connectivity index (χ1v) is 21.6.